The van der Waals surface area contributed by atoms with Gasteiger partial charge < -0.3 is 18.9 Å². The van der Waals surface area contributed by atoms with Crippen LogP contribution in [-0.2, 0) is 9.53 Å². The number of fused-ring (bicyclic) bond motifs is 1. The average Bonchev–Trinajstić information content (AvgIpc) is 3.20. The Bertz CT molecular complexity index is 1530. The van der Waals surface area contributed by atoms with Gasteiger partial charge in [0.05, 0.1) is 42.7 Å². The zero-order valence-corrected chi connectivity index (χ0v) is 23.3. The standard InChI is InChI=1S/C29H32N2O6S/c1-7-14-36-20-10-8-19(9-11-20)15-24-27(32)31-26(22-16-21(34-5)12-13-23(22)35-6)25(28(33)37-17(2)3)18(4)30-29(31)38-24/h8-13,15-17,26H,7,14H2,1-6H3/b24-15+/t26-/m1/s1. The Kier molecular flexibility index (Phi) is 8.36. The van der Waals surface area contributed by atoms with Crippen molar-refractivity contribution in [2.45, 2.75) is 46.3 Å². The van der Waals surface area contributed by atoms with E-state index in [2.05, 4.69) is 11.9 Å². The van der Waals surface area contributed by atoms with Crippen LogP contribution in [0.1, 0.15) is 51.3 Å². The Morgan fingerprint density at radius 3 is 2.45 bits per heavy atom. The van der Waals surface area contributed by atoms with Gasteiger partial charge in [-0.25, -0.2) is 9.79 Å². The van der Waals surface area contributed by atoms with E-state index in [4.69, 9.17) is 18.9 Å². The maximum Gasteiger partial charge on any atom is 0.338 e. The summed E-state index contributed by atoms with van der Waals surface area (Å²) >= 11 is 1.27. The number of ether oxygens (including phenoxy) is 4. The summed E-state index contributed by atoms with van der Waals surface area (Å²) in [5.41, 5.74) is 1.95. The zero-order chi connectivity index (χ0) is 27.4. The fraction of sp³-hybridized carbons (Fsp3) is 0.345. The number of thiazole rings is 1. The minimum Gasteiger partial charge on any atom is -0.497 e. The molecule has 0 aliphatic carbocycles. The lowest BCUT2D eigenvalue weighted by molar-refractivity contribution is -0.143. The van der Waals surface area contributed by atoms with Crippen LogP contribution in [0.25, 0.3) is 6.08 Å². The first kappa shape index (κ1) is 27.2. The van der Waals surface area contributed by atoms with Gasteiger partial charge in [0.2, 0.25) is 0 Å². The number of rotatable bonds is 9. The molecule has 9 heteroatoms. The minimum atomic E-state index is -0.811. The number of hydrogen-bond acceptors (Lipinski definition) is 8. The molecule has 0 N–H and O–H groups in total. The largest absolute Gasteiger partial charge is 0.497 e. The Morgan fingerprint density at radius 1 is 1.11 bits per heavy atom. The number of nitrogens with zero attached hydrogens (tertiary/aromatic N) is 2. The summed E-state index contributed by atoms with van der Waals surface area (Å²) < 4.78 is 24.4. The molecule has 1 aliphatic heterocycles. The highest BCUT2D eigenvalue weighted by molar-refractivity contribution is 7.07. The van der Waals surface area contributed by atoms with Crippen LogP contribution in [0.5, 0.6) is 17.2 Å². The first-order chi connectivity index (χ1) is 18.3. The molecule has 38 heavy (non-hydrogen) atoms. The summed E-state index contributed by atoms with van der Waals surface area (Å²) in [5.74, 6) is 1.32. The maximum atomic E-state index is 13.9. The first-order valence-electron chi connectivity index (χ1n) is 12.5. The van der Waals surface area contributed by atoms with Gasteiger partial charge in [0, 0.05) is 5.56 Å². The fourth-order valence-corrected chi connectivity index (χ4v) is 5.29. The fourth-order valence-electron chi connectivity index (χ4n) is 4.24. The van der Waals surface area contributed by atoms with Crippen molar-refractivity contribution in [1.29, 1.82) is 0 Å². The lowest BCUT2D eigenvalue weighted by atomic mass is 9.94. The van der Waals surface area contributed by atoms with E-state index < -0.39 is 12.0 Å². The SMILES string of the molecule is CCCOc1ccc(/C=c2/sc3n(c2=O)[C@H](c2cc(OC)ccc2OC)C(C(=O)OC(C)C)=C(C)N=3)cc1. The summed E-state index contributed by atoms with van der Waals surface area (Å²) in [6.45, 7) is 8.01. The molecule has 0 saturated carbocycles. The van der Waals surface area contributed by atoms with Crippen molar-refractivity contribution < 1.29 is 23.7 Å². The third-order valence-electron chi connectivity index (χ3n) is 5.97. The molecule has 3 aromatic rings. The lowest BCUT2D eigenvalue weighted by Gasteiger charge is -2.26. The minimum absolute atomic E-state index is 0.266. The smallest absolute Gasteiger partial charge is 0.338 e. The molecule has 200 valence electrons. The molecule has 0 fully saturated rings. The van der Waals surface area contributed by atoms with E-state index in [1.165, 1.54) is 15.9 Å². The van der Waals surface area contributed by atoms with Crippen molar-refractivity contribution in [3.63, 3.8) is 0 Å². The van der Waals surface area contributed by atoms with Gasteiger partial charge in [-0.05, 0) is 69.2 Å². The molecule has 0 amide bonds. The molecular formula is C29H32N2O6S. The molecule has 2 aromatic carbocycles. The van der Waals surface area contributed by atoms with Crippen LogP contribution in [0, 0.1) is 0 Å². The number of benzene rings is 2. The van der Waals surface area contributed by atoms with Crippen molar-refractivity contribution in [3.8, 4) is 17.2 Å². The second-order valence-corrected chi connectivity index (χ2v) is 10.1. The van der Waals surface area contributed by atoms with Gasteiger partial charge in [-0.15, -0.1) is 0 Å². The van der Waals surface area contributed by atoms with Crippen molar-refractivity contribution in [3.05, 3.63) is 84.5 Å². The number of methoxy groups -OCH3 is 2. The summed E-state index contributed by atoms with van der Waals surface area (Å²) in [4.78, 5) is 32.3. The van der Waals surface area contributed by atoms with Crippen LogP contribution in [0.3, 0.4) is 0 Å². The van der Waals surface area contributed by atoms with Crippen molar-refractivity contribution >= 4 is 23.4 Å². The highest BCUT2D eigenvalue weighted by Crippen LogP contribution is 2.38. The average molecular weight is 537 g/mol. The summed E-state index contributed by atoms with van der Waals surface area (Å²) in [6, 6.07) is 12.1. The van der Waals surface area contributed by atoms with Crippen molar-refractivity contribution in [2.75, 3.05) is 20.8 Å². The second kappa shape index (κ2) is 11.7. The number of carbonyl (C=O) groups excluding carboxylic acids is 1. The molecule has 0 spiro atoms. The second-order valence-electron chi connectivity index (χ2n) is 9.06. The van der Waals surface area contributed by atoms with Gasteiger partial charge >= 0.3 is 5.97 Å². The Morgan fingerprint density at radius 2 is 1.82 bits per heavy atom. The van der Waals surface area contributed by atoms with Gasteiger partial charge in [0.15, 0.2) is 4.80 Å². The lowest BCUT2D eigenvalue weighted by Crippen LogP contribution is -2.40. The molecule has 0 radical (unpaired) electrons. The zero-order valence-electron chi connectivity index (χ0n) is 22.4. The Hall–Kier alpha value is -3.85. The van der Waals surface area contributed by atoms with E-state index in [-0.39, 0.29) is 17.2 Å². The van der Waals surface area contributed by atoms with Crippen LogP contribution < -0.4 is 29.1 Å². The van der Waals surface area contributed by atoms with E-state index in [1.54, 1.807) is 53.2 Å². The van der Waals surface area contributed by atoms with Gasteiger partial charge in [-0.2, -0.15) is 0 Å². The molecule has 0 bridgehead atoms. The Labute approximate surface area is 225 Å². The number of carbonyl (C=O) groups is 1. The normalized spacial score (nSPS) is 15.2. The summed E-state index contributed by atoms with van der Waals surface area (Å²) in [5, 5.41) is 0. The summed E-state index contributed by atoms with van der Waals surface area (Å²) in [7, 11) is 3.11. The number of hydrogen-bond donors (Lipinski definition) is 0. The first-order valence-corrected chi connectivity index (χ1v) is 13.3. The van der Waals surface area contributed by atoms with Crippen molar-refractivity contribution in [2.24, 2.45) is 4.99 Å². The van der Waals surface area contributed by atoms with Crippen LogP contribution >= 0.6 is 11.3 Å². The van der Waals surface area contributed by atoms with Gasteiger partial charge in [0.25, 0.3) is 5.56 Å². The van der Waals surface area contributed by atoms with E-state index in [1.807, 2.05) is 30.3 Å². The van der Waals surface area contributed by atoms with Crippen LogP contribution in [0.4, 0.5) is 0 Å². The quantitative estimate of drug-likeness (QED) is 0.384. The highest BCUT2D eigenvalue weighted by atomic mass is 32.1. The number of allylic oxidation sites excluding steroid dienone is 1. The topological polar surface area (TPSA) is 88.3 Å². The third kappa shape index (κ3) is 5.52. The molecule has 0 unspecified atom stereocenters. The molecule has 0 saturated heterocycles. The number of esters is 1. The third-order valence-corrected chi connectivity index (χ3v) is 6.95. The molecule has 4 rings (SSSR count). The molecule has 8 nitrogen and oxygen atoms in total. The van der Waals surface area contributed by atoms with E-state index in [9.17, 15) is 9.59 Å². The maximum absolute atomic E-state index is 13.9. The van der Waals surface area contributed by atoms with Crippen LogP contribution in [0.15, 0.2) is 63.5 Å². The molecule has 1 atom stereocenters. The van der Waals surface area contributed by atoms with Gasteiger partial charge in [-0.3, -0.25) is 9.36 Å². The van der Waals surface area contributed by atoms with E-state index in [0.29, 0.717) is 38.7 Å². The molecule has 1 aromatic heterocycles. The molecular weight excluding hydrogens is 504 g/mol. The Balaban J connectivity index is 1.91. The summed E-state index contributed by atoms with van der Waals surface area (Å²) in [6.07, 6.45) is 2.40. The predicted octanol–water partition coefficient (Wildman–Crippen LogP) is 3.99. The number of aromatic nitrogens is 1. The van der Waals surface area contributed by atoms with Gasteiger partial charge in [-0.1, -0.05) is 30.4 Å². The van der Waals surface area contributed by atoms with Crippen molar-refractivity contribution in [1.82, 2.24) is 4.57 Å². The monoisotopic (exact) mass is 536 g/mol. The van der Waals surface area contributed by atoms with Gasteiger partial charge in [0.1, 0.15) is 23.3 Å². The van der Waals surface area contributed by atoms with Crippen LogP contribution in [0.2, 0.25) is 0 Å². The highest BCUT2D eigenvalue weighted by Gasteiger charge is 2.35. The molecule has 2 heterocycles. The predicted molar refractivity (Wildman–Crippen MR) is 147 cm³/mol. The molecule has 1 aliphatic rings. The van der Waals surface area contributed by atoms with E-state index >= 15 is 0 Å². The van der Waals surface area contributed by atoms with Crippen LogP contribution in [-0.4, -0.2) is 37.5 Å². The van der Waals surface area contributed by atoms with E-state index in [0.717, 1.165) is 17.7 Å².